The van der Waals surface area contributed by atoms with Crippen LogP contribution in [0.15, 0.2) is 22.7 Å². The number of carboxylic acids is 1. The summed E-state index contributed by atoms with van der Waals surface area (Å²) in [7, 11) is 0. The van der Waals surface area contributed by atoms with E-state index in [1.165, 1.54) is 0 Å². The SMILES string of the molecule is CC(C)c1cc(Br)ccc1NC(=O)CCC(=O)O. The molecule has 0 aliphatic rings. The molecule has 0 heterocycles. The van der Waals surface area contributed by atoms with Gasteiger partial charge in [-0.1, -0.05) is 29.8 Å². The van der Waals surface area contributed by atoms with E-state index in [1.807, 2.05) is 32.0 Å². The fourth-order valence-electron chi connectivity index (χ4n) is 1.56. The second-order valence-corrected chi connectivity index (χ2v) is 5.24. The maximum Gasteiger partial charge on any atom is 0.303 e. The van der Waals surface area contributed by atoms with Gasteiger partial charge in [0.05, 0.1) is 6.42 Å². The minimum Gasteiger partial charge on any atom is -0.481 e. The minimum absolute atomic E-state index is 0.0110. The van der Waals surface area contributed by atoms with Crippen LogP contribution in [-0.4, -0.2) is 17.0 Å². The largest absolute Gasteiger partial charge is 0.481 e. The molecular formula is C13H16BrNO3. The molecule has 1 amide bonds. The van der Waals surface area contributed by atoms with E-state index < -0.39 is 5.97 Å². The zero-order valence-corrected chi connectivity index (χ0v) is 12.0. The number of nitrogens with one attached hydrogen (secondary N) is 1. The van der Waals surface area contributed by atoms with E-state index in [0.717, 1.165) is 15.7 Å². The van der Waals surface area contributed by atoms with Crippen LogP contribution in [0.5, 0.6) is 0 Å². The van der Waals surface area contributed by atoms with Gasteiger partial charge in [-0.05, 0) is 29.7 Å². The number of carbonyl (C=O) groups is 2. The van der Waals surface area contributed by atoms with Crippen LogP contribution in [0.1, 0.15) is 38.2 Å². The molecule has 0 aliphatic carbocycles. The van der Waals surface area contributed by atoms with Crippen LogP contribution < -0.4 is 5.32 Å². The fraction of sp³-hybridized carbons (Fsp3) is 0.385. The number of amides is 1. The van der Waals surface area contributed by atoms with Crippen molar-refractivity contribution in [3.05, 3.63) is 28.2 Å². The number of halogens is 1. The van der Waals surface area contributed by atoms with Crippen molar-refractivity contribution < 1.29 is 14.7 Å². The highest BCUT2D eigenvalue weighted by Crippen LogP contribution is 2.27. The van der Waals surface area contributed by atoms with Gasteiger partial charge in [0.2, 0.25) is 5.91 Å². The molecule has 0 unspecified atom stereocenters. The fourth-order valence-corrected chi connectivity index (χ4v) is 1.94. The zero-order valence-electron chi connectivity index (χ0n) is 10.4. The quantitative estimate of drug-likeness (QED) is 0.875. The molecule has 5 heteroatoms. The second-order valence-electron chi connectivity index (χ2n) is 4.33. The Morgan fingerprint density at radius 3 is 2.56 bits per heavy atom. The number of hydrogen-bond donors (Lipinski definition) is 2. The highest BCUT2D eigenvalue weighted by atomic mass is 79.9. The Hall–Kier alpha value is -1.36. The summed E-state index contributed by atoms with van der Waals surface area (Å²) in [6.45, 7) is 4.07. The second kappa shape index (κ2) is 6.54. The van der Waals surface area contributed by atoms with Gasteiger partial charge in [-0.25, -0.2) is 0 Å². The molecule has 0 aromatic heterocycles. The molecule has 1 rings (SSSR count). The summed E-state index contributed by atoms with van der Waals surface area (Å²) in [4.78, 5) is 22.0. The molecular weight excluding hydrogens is 298 g/mol. The van der Waals surface area contributed by atoms with Gasteiger partial charge < -0.3 is 10.4 Å². The lowest BCUT2D eigenvalue weighted by atomic mass is 10.0. The molecule has 0 bridgehead atoms. The molecule has 0 saturated carbocycles. The van der Waals surface area contributed by atoms with Gasteiger partial charge in [-0.3, -0.25) is 9.59 Å². The first-order valence-corrected chi connectivity index (χ1v) is 6.50. The average molecular weight is 314 g/mol. The molecule has 0 saturated heterocycles. The van der Waals surface area contributed by atoms with Crippen molar-refractivity contribution in [3.63, 3.8) is 0 Å². The molecule has 1 aromatic carbocycles. The average Bonchev–Trinajstić information content (AvgIpc) is 2.28. The third-order valence-electron chi connectivity index (χ3n) is 2.48. The topological polar surface area (TPSA) is 66.4 Å². The van der Waals surface area contributed by atoms with E-state index in [4.69, 9.17) is 5.11 Å². The Balaban J connectivity index is 2.77. The molecule has 4 nitrogen and oxygen atoms in total. The minimum atomic E-state index is -0.968. The van der Waals surface area contributed by atoms with Gasteiger partial charge in [0.15, 0.2) is 0 Å². The van der Waals surface area contributed by atoms with Crippen molar-refractivity contribution in [2.75, 3.05) is 5.32 Å². The third kappa shape index (κ3) is 4.49. The predicted molar refractivity (Wildman–Crippen MR) is 73.7 cm³/mol. The maximum atomic E-state index is 11.6. The lowest BCUT2D eigenvalue weighted by molar-refractivity contribution is -0.138. The number of hydrogen-bond acceptors (Lipinski definition) is 2. The third-order valence-corrected chi connectivity index (χ3v) is 2.97. The monoisotopic (exact) mass is 313 g/mol. The molecule has 0 radical (unpaired) electrons. The normalized spacial score (nSPS) is 10.4. The van der Waals surface area contributed by atoms with Gasteiger partial charge in [-0.2, -0.15) is 0 Å². The van der Waals surface area contributed by atoms with Crippen LogP contribution in [0.25, 0.3) is 0 Å². The van der Waals surface area contributed by atoms with E-state index in [-0.39, 0.29) is 24.7 Å². The van der Waals surface area contributed by atoms with Crippen molar-refractivity contribution in [3.8, 4) is 0 Å². The summed E-state index contributed by atoms with van der Waals surface area (Å²) in [6, 6.07) is 5.62. The van der Waals surface area contributed by atoms with Gasteiger partial charge in [0, 0.05) is 16.6 Å². The van der Waals surface area contributed by atoms with Crippen molar-refractivity contribution in [1.82, 2.24) is 0 Å². The summed E-state index contributed by atoms with van der Waals surface area (Å²) < 4.78 is 0.953. The Bertz CT molecular complexity index is 458. The molecule has 1 aromatic rings. The van der Waals surface area contributed by atoms with Crippen LogP contribution in [0, 0.1) is 0 Å². The van der Waals surface area contributed by atoms with Gasteiger partial charge in [0.1, 0.15) is 0 Å². The molecule has 2 N–H and O–H groups in total. The van der Waals surface area contributed by atoms with Crippen LogP contribution in [0.4, 0.5) is 5.69 Å². The summed E-state index contributed by atoms with van der Waals surface area (Å²) >= 11 is 3.39. The van der Waals surface area contributed by atoms with Crippen molar-refractivity contribution in [1.29, 1.82) is 0 Å². The summed E-state index contributed by atoms with van der Waals surface area (Å²) in [5.41, 5.74) is 1.76. The van der Waals surface area contributed by atoms with Crippen molar-refractivity contribution in [2.24, 2.45) is 0 Å². The molecule has 0 aliphatic heterocycles. The summed E-state index contributed by atoms with van der Waals surface area (Å²) in [5, 5.41) is 11.3. The van der Waals surface area contributed by atoms with Crippen LogP contribution in [0.3, 0.4) is 0 Å². The van der Waals surface area contributed by atoms with Crippen molar-refractivity contribution in [2.45, 2.75) is 32.6 Å². The van der Waals surface area contributed by atoms with E-state index in [0.29, 0.717) is 0 Å². The first-order chi connectivity index (χ1) is 8.40. The van der Waals surface area contributed by atoms with Crippen LogP contribution in [-0.2, 0) is 9.59 Å². The van der Waals surface area contributed by atoms with E-state index >= 15 is 0 Å². The highest BCUT2D eigenvalue weighted by molar-refractivity contribution is 9.10. The number of carbonyl (C=O) groups excluding carboxylic acids is 1. The Kier molecular flexibility index (Phi) is 5.34. The first kappa shape index (κ1) is 14.7. The standard InChI is InChI=1S/C13H16BrNO3/c1-8(2)10-7-9(14)3-4-11(10)15-12(16)5-6-13(17)18/h3-4,7-8H,5-6H2,1-2H3,(H,15,16)(H,17,18). The number of anilines is 1. The predicted octanol–water partition coefficient (Wildman–Crippen LogP) is 3.38. The summed E-state index contributed by atoms with van der Waals surface area (Å²) in [6.07, 6.45) is -0.164. The lowest BCUT2D eigenvalue weighted by Gasteiger charge is -2.14. The highest BCUT2D eigenvalue weighted by Gasteiger charge is 2.11. The van der Waals surface area contributed by atoms with E-state index in [2.05, 4.69) is 21.2 Å². The van der Waals surface area contributed by atoms with Gasteiger partial charge in [-0.15, -0.1) is 0 Å². The Morgan fingerprint density at radius 1 is 1.33 bits per heavy atom. The van der Waals surface area contributed by atoms with Crippen LogP contribution >= 0.6 is 15.9 Å². The van der Waals surface area contributed by atoms with Gasteiger partial charge >= 0.3 is 5.97 Å². The van der Waals surface area contributed by atoms with E-state index in [9.17, 15) is 9.59 Å². The number of carboxylic acid groups (broad SMARTS) is 1. The first-order valence-electron chi connectivity index (χ1n) is 5.71. The van der Waals surface area contributed by atoms with Gasteiger partial charge in [0.25, 0.3) is 0 Å². The smallest absolute Gasteiger partial charge is 0.303 e. The maximum absolute atomic E-state index is 11.6. The summed E-state index contributed by atoms with van der Waals surface area (Å²) in [5.74, 6) is -0.969. The Labute approximate surface area is 115 Å². The van der Waals surface area contributed by atoms with E-state index in [1.54, 1.807) is 0 Å². The van der Waals surface area contributed by atoms with Crippen molar-refractivity contribution >= 4 is 33.5 Å². The molecule has 98 valence electrons. The lowest BCUT2D eigenvalue weighted by Crippen LogP contribution is -2.14. The zero-order chi connectivity index (χ0) is 13.7. The number of benzene rings is 1. The van der Waals surface area contributed by atoms with Crippen LogP contribution in [0.2, 0.25) is 0 Å². The molecule has 0 fully saturated rings. The molecule has 0 spiro atoms. The molecule has 0 atom stereocenters. The molecule has 18 heavy (non-hydrogen) atoms. The number of rotatable bonds is 5. The number of aliphatic carboxylic acids is 1. The Morgan fingerprint density at radius 2 is 2.00 bits per heavy atom.